The normalized spacial score (nSPS) is 25.6. The van der Waals surface area contributed by atoms with Crippen LogP contribution < -0.4 is 5.32 Å². The molecule has 136 valence electrons. The van der Waals surface area contributed by atoms with Crippen LogP contribution in [-0.4, -0.2) is 65.3 Å². The van der Waals surface area contributed by atoms with Crippen molar-refractivity contribution in [3.05, 3.63) is 60.2 Å². The van der Waals surface area contributed by atoms with Crippen molar-refractivity contribution in [3.8, 4) is 0 Å². The smallest absolute Gasteiger partial charge is 0.270 e. The highest BCUT2D eigenvalue weighted by molar-refractivity contribution is 5.92. The third-order valence-electron chi connectivity index (χ3n) is 4.85. The zero-order valence-corrected chi connectivity index (χ0v) is 14.5. The molecule has 0 aromatic carbocycles. The maximum Gasteiger partial charge on any atom is 0.270 e. The highest BCUT2D eigenvalue weighted by Crippen LogP contribution is 2.25. The van der Waals surface area contributed by atoms with Crippen molar-refractivity contribution >= 4 is 5.91 Å². The van der Waals surface area contributed by atoms with Gasteiger partial charge in [-0.3, -0.25) is 19.7 Å². The fourth-order valence-electron chi connectivity index (χ4n) is 3.57. The molecule has 7 heteroatoms. The van der Waals surface area contributed by atoms with Gasteiger partial charge in [-0.15, -0.1) is 0 Å². The minimum absolute atomic E-state index is 0.111. The van der Waals surface area contributed by atoms with Crippen LogP contribution in [0.2, 0.25) is 0 Å². The van der Waals surface area contributed by atoms with Gasteiger partial charge in [0.15, 0.2) is 0 Å². The van der Waals surface area contributed by atoms with E-state index in [1.807, 2.05) is 24.3 Å². The number of nitrogens with one attached hydrogen (secondary N) is 1. The third kappa shape index (κ3) is 3.75. The minimum Gasteiger partial charge on any atom is -0.378 e. The van der Waals surface area contributed by atoms with Crippen molar-refractivity contribution in [1.82, 2.24) is 20.2 Å². The maximum atomic E-state index is 12.5. The molecule has 2 aromatic heterocycles. The van der Waals surface area contributed by atoms with E-state index in [0.29, 0.717) is 25.5 Å². The van der Waals surface area contributed by atoms with E-state index in [4.69, 9.17) is 9.47 Å². The molecular weight excluding hydrogens is 332 g/mol. The predicted octanol–water partition coefficient (Wildman–Crippen LogP) is 0.875. The van der Waals surface area contributed by atoms with Crippen LogP contribution in [0.1, 0.15) is 16.2 Å². The molecule has 0 bridgehead atoms. The first-order chi connectivity index (χ1) is 12.8. The van der Waals surface area contributed by atoms with E-state index < -0.39 is 0 Å². The topological polar surface area (TPSA) is 76.6 Å². The molecule has 2 aliphatic heterocycles. The van der Waals surface area contributed by atoms with Crippen LogP contribution in [0.3, 0.4) is 0 Å². The van der Waals surface area contributed by atoms with Crippen LogP contribution in [0.25, 0.3) is 0 Å². The summed E-state index contributed by atoms with van der Waals surface area (Å²) in [5.74, 6) is -0.178. The quantitative estimate of drug-likeness (QED) is 0.859. The standard InChI is InChI=1S/C19H22N4O3/c24-19(15-6-2-4-8-21-15)22-16-11-23-9-10-25-13-17(23)18(16)26-12-14-5-1-3-7-20-14/h1-8,16-18H,9-13H2,(H,22,24)/t16-,17-,18-/m1/s1. The molecule has 4 rings (SSSR count). The molecule has 26 heavy (non-hydrogen) atoms. The van der Waals surface area contributed by atoms with E-state index in [-0.39, 0.29) is 24.1 Å². The summed E-state index contributed by atoms with van der Waals surface area (Å²) in [6, 6.07) is 11.1. The zero-order chi connectivity index (χ0) is 17.8. The van der Waals surface area contributed by atoms with E-state index in [9.17, 15) is 4.79 Å². The van der Waals surface area contributed by atoms with E-state index in [1.54, 1.807) is 24.5 Å². The van der Waals surface area contributed by atoms with Crippen molar-refractivity contribution in [2.75, 3.05) is 26.3 Å². The van der Waals surface area contributed by atoms with Crippen molar-refractivity contribution < 1.29 is 14.3 Å². The molecule has 3 atom stereocenters. The number of hydrogen-bond acceptors (Lipinski definition) is 6. The fraction of sp³-hybridized carbons (Fsp3) is 0.421. The molecule has 0 unspecified atom stereocenters. The summed E-state index contributed by atoms with van der Waals surface area (Å²) in [6.07, 6.45) is 3.23. The van der Waals surface area contributed by atoms with E-state index in [2.05, 4.69) is 20.2 Å². The summed E-state index contributed by atoms with van der Waals surface area (Å²) in [6.45, 7) is 3.34. The van der Waals surface area contributed by atoms with Crippen molar-refractivity contribution in [2.24, 2.45) is 0 Å². The number of fused-ring (bicyclic) bond motifs is 1. The van der Waals surface area contributed by atoms with Gasteiger partial charge < -0.3 is 14.8 Å². The Hall–Kier alpha value is -2.35. The van der Waals surface area contributed by atoms with E-state index in [1.165, 1.54) is 0 Å². The Morgan fingerprint density at radius 1 is 1.23 bits per heavy atom. The largest absolute Gasteiger partial charge is 0.378 e. The molecule has 0 spiro atoms. The first-order valence-electron chi connectivity index (χ1n) is 8.86. The molecule has 2 fully saturated rings. The van der Waals surface area contributed by atoms with Crippen LogP contribution in [0.5, 0.6) is 0 Å². The Balaban J connectivity index is 1.46. The fourth-order valence-corrected chi connectivity index (χ4v) is 3.57. The number of rotatable bonds is 5. The average molecular weight is 354 g/mol. The Morgan fingerprint density at radius 3 is 2.85 bits per heavy atom. The Morgan fingerprint density at radius 2 is 2.08 bits per heavy atom. The number of carbonyl (C=O) groups is 1. The first-order valence-corrected chi connectivity index (χ1v) is 8.86. The monoisotopic (exact) mass is 354 g/mol. The molecule has 1 amide bonds. The summed E-state index contributed by atoms with van der Waals surface area (Å²) < 4.78 is 11.8. The maximum absolute atomic E-state index is 12.5. The van der Waals surface area contributed by atoms with Gasteiger partial charge in [-0.2, -0.15) is 0 Å². The number of amides is 1. The number of pyridine rings is 2. The molecule has 0 aliphatic carbocycles. The molecule has 2 aliphatic rings. The van der Waals surface area contributed by atoms with Crippen molar-refractivity contribution in [1.29, 1.82) is 0 Å². The predicted molar refractivity (Wildman–Crippen MR) is 94.5 cm³/mol. The van der Waals surface area contributed by atoms with Gasteiger partial charge in [-0.05, 0) is 24.3 Å². The number of ether oxygens (including phenoxy) is 2. The molecule has 0 radical (unpaired) electrons. The first kappa shape index (κ1) is 17.1. The van der Waals surface area contributed by atoms with Crippen LogP contribution in [0.15, 0.2) is 48.8 Å². The molecule has 2 saturated heterocycles. The summed E-state index contributed by atoms with van der Waals surface area (Å²) >= 11 is 0. The number of carbonyl (C=O) groups excluding carboxylic acids is 1. The minimum atomic E-state index is -0.178. The second-order valence-corrected chi connectivity index (χ2v) is 6.53. The van der Waals surface area contributed by atoms with Gasteiger partial charge in [0.25, 0.3) is 5.91 Å². The van der Waals surface area contributed by atoms with Gasteiger partial charge in [-0.1, -0.05) is 12.1 Å². The van der Waals surface area contributed by atoms with E-state index in [0.717, 1.165) is 18.8 Å². The number of morpholine rings is 1. The lowest BCUT2D eigenvalue weighted by Crippen LogP contribution is -2.48. The van der Waals surface area contributed by atoms with Crippen molar-refractivity contribution in [3.63, 3.8) is 0 Å². The van der Waals surface area contributed by atoms with Crippen LogP contribution >= 0.6 is 0 Å². The van der Waals surface area contributed by atoms with Gasteiger partial charge in [0.2, 0.25) is 0 Å². The highest BCUT2D eigenvalue weighted by Gasteiger charge is 2.44. The zero-order valence-electron chi connectivity index (χ0n) is 14.5. The SMILES string of the molecule is O=C(N[C@@H]1CN2CCOC[C@@H]2[C@@H]1OCc1ccccn1)c1ccccn1. The lowest BCUT2D eigenvalue weighted by Gasteiger charge is -2.32. The highest BCUT2D eigenvalue weighted by atomic mass is 16.5. The number of aromatic nitrogens is 2. The molecular formula is C19H22N4O3. The second-order valence-electron chi connectivity index (χ2n) is 6.53. The molecule has 7 nitrogen and oxygen atoms in total. The summed E-state index contributed by atoms with van der Waals surface area (Å²) in [5.41, 5.74) is 1.29. The van der Waals surface area contributed by atoms with Gasteiger partial charge in [0, 0.05) is 25.5 Å². The number of hydrogen-bond donors (Lipinski definition) is 1. The lowest BCUT2D eigenvalue weighted by atomic mass is 10.1. The molecule has 2 aromatic rings. The summed E-state index contributed by atoms with van der Waals surface area (Å²) in [7, 11) is 0. The Bertz CT molecular complexity index is 728. The Kier molecular flexibility index (Phi) is 5.19. The summed E-state index contributed by atoms with van der Waals surface area (Å²) in [4.78, 5) is 23.3. The Labute approximate surface area is 152 Å². The average Bonchev–Trinajstić information content (AvgIpc) is 3.05. The van der Waals surface area contributed by atoms with Gasteiger partial charge >= 0.3 is 0 Å². The van der Waals surface area contributed by atoms with Crippen LogP contribution in [-0.2, 0) is 16.1 Å². The van der Waals surface area contributed by atoms with Crippen LogP contribution in [0.4, 0.5) is 0 Å². The van der Waals surface area contributed by atoms with Crippen molar-refractivity contribution in [2.45, 2.75) is 24.8 Å². The van der Waals surface area contributed by atoms with Gasteiger partial charge in [0.05, 0.1) is 43.7 Å². The summed E-state index contributed by atoms with van der Waals surface area (Å²) in [5, 5.41) is 3.09. The molecule has 1 N–H and O–H groups in total. The second kappa shape index (κ2) is 7.90. The van der Waals surface area contributed by atoms with E-state index >= 15 is 0 Å². The third-order valence-corrected chi connectivity index (χ3v) is 4.85. The number of nitrogens with zero attached hydrogens (tertiary/aromatic N) is 3. The van der Waals surface area contributed by atoms with Gasteiger partial charge in [0.1, 0.15) is 5.69 Å². The van der Waals surface area contributed by atoms with Crippen LogP contribution in [0, 0.1) is 0 Å². The van der Waals surface area contributed by atoms with Gasteiger partial charge in [-0.25, -0.2) is 0 Å². The molecule has 4 heterocycles. The lowest BCUT2D eigenvalue weighted by molar-refractivity contribution is -0.0537. The molecule has 0 saturated carbocycles.